The summed E-state index contributed by atoms with van der Waals surface area (Å²) in [5, 5.41) is 4.00. The monoisotopic (exact) mass is 379 g/mol. The van der Waals surface area contributed by atoms with Gasteiger partial charge in [0.25, 0.3) is 5.91 Å². The zero-order valence-electron chi connectivity index (χ0n) is 16.1. The van der Waals surface area contributed by atoms with Crippen LogP contribution < -0.4 is 10.2 Å². The summed E-state index contributed by atoms with van der Waals surface area (Å²) in [6.45, 7) is 5.56. The Kier molecular flexibility index (Phi) is 5.89. The molecule has 0 aliphatic carbocycles. The van der Waals surface area contributed by atoms with E-state index in [2.05, 4.69) is 10.5 Å². The molecule has 5 nitrogen and oxygen atoms in total. The molecule has 0 radical (unpaired) electrons. The maximum atomic E-state index is 14.1. The van der Waals surface area contributed by atoms with Crippen LogP contribution in [0.5, 0.6) is 5.75 Å². The lowest BCUT2D eigenvalue weighted by Crippen LogP contribution is -2.24. The number of carbonyl (C=O) groups excluding carboxylic acids is 1. The summed E-state index contributed by atoms with van der Waals surface area (Å²) in [7, 11) is 0. The fraction of sp³-hybridized carbons (Fsp3) is 0.182. The van der Waals surface area contributed by atoms with Gasteiger partial charge in [0.2, 0.25) is 0 Å². The molecular weight excluding hydrogens is 357 g/mol. The summed E-state index contributed by atoms with van der Waals surface area (Å²) in [4.78, 5) is 11.9. The van der Waals surface area contributed by atoms with Gasteiger partial charge >= 0.3 is 0 Å². The van der Waals surface area contributed by atoms with Crippen molar-refractivity contribution in [2.24, 2.45) is 5.10 Å². The molecule has 1 amide bonds. The van der Waals surface area contributed by atoms with Gasteiger partial charge < -0.3 is 9.30 Å². The molecule has 1 heterocycles. The number of aryl methyl sites for hydroxylation is 2. The molecule has 1 aromatic heterocycles. The highest BCUT2D eigenvalue weighted by atomic mass is 19.1. The van der Waals surface area contributed by atoms with E-state index in [0.29, 0.717) is 11.4 Å². The zero-order valence-corrected chi connectivity index (χ0v) is 16.1. The van der Waals surface area contributed by atoms with E-state index in [1.54, 1.807) is 24.4 Å². The van der Waals surface area contributed by atoms with Crippen LogP contribution in [0.1, 0.15) is 22.5 Å². The van der Waals surface area contributed by atoms with Gasteiger partial charge in [-0.25, -0.2) is 9.82 Å². The topological polar surface area (TPSA) is 55.6 Å². The number of ether oxygens (including phenoxy) is 1. The molecule has 0 bridgehead atoms. The number of carbonyl (C=O) groups is 1. The summed E-state index contributed by atoms with van der Waals surface area (Å²) in [5.74, 6) is 0.00641. The Morgan fingerprint density at radius 3 is 2.61 bits per heavy atom. The number of hydrazone groups is 1. The van der Waals surface area contributed by atoms with Gasteiger partial charge in [0.15, 0.2) is 6.61 Å². The second-order valence-corrected chi connectivity index (χ2v) is 6.46. The van der Waals surface area contributed by atoms with E-state index in [4.69, 9.17) is 4.74 Å². The van der Waals surface area contributed by atoms with Gasteiger partial charge in [0.05, 0.1) is 11.9 Å². The molecule has 0 aliphatic heterocycles. The second-order valence-electron chi connectivity index (χ2n) is 6.46. The molecule has 28 heavy (non-hydrogen) atoms. The number of aromatic nitrogens is 1. The SMILES string of the molecule is Cc1ccccc1OCC(=O)N/N=C\c1cc(C)n(-c2ccccc2F)c1C. The van der Waals surface area contributed by atoms with Gasteiger partial charge in [-0.3, -0.25) is 4.79 Å². The third kappa shape index (κ3) is 4.28. The van der Waals surface area contributed by atoms with Crippen LogP contribution in [0.2, 0.25) is 0 Å². The Hall–Kier alpha value is -3.41. The number of hydrogen-bond donors (Lipinski definition) is 1. The summed E-state index contributed by atoms with van der Waals surface area (Å²) in [6, 6.07) is 16.0. The zero-order chi connectivity index (χ0) is 20.1. The Morgan fingerprint density at radius 2 is 1.86 bits per heavy atom. The van der Waals surface area contributed by atoms with Crippen molar-refractivity contribution in [1.29, 1.82) is 0 Å². The van der Waals surface area contributed by atoms with E-state index >= 15 is 0 Å². The van der Waals surface area contributed by atoms with Crippen LogP contribution >= 0.6 is 0 Å². The third-order valence-corrected chi connectivity index (χ3v) is 4.41. The molecule has 2 aromatic carbocycles. The fourth-order valence-electron chi connectivity index (χ4n) is 2.99. The fourth-order valence-corrected chi connectivity index (χ4v) is 2.99. The minimum absolute atomic E-state index is 0.129. The van der Waals surface area contributed by atoms with Gasteiger partial charge in [-0.15, -0.1) is 0 Å². The van der Waals surface area contributed by atoms with Crippen LogP contribution in [0.25, 0.3) is 5.69 Å². The number of nitrogens with zero attached hydrogens (tertiary/aromatic N) is 2. The Balaban J connectivity index is 1.65. The Morgan fingerprint density at radius 1 is 1.14 bits per heavy atom. The number of hydrogen-bond acceptors (Lipinski definition) is 3. The van der Waals surface area contributed by atoms with E-state index in [-0.39, 0.29) is 18.3 Å². The van der Waals surface area contributed by atoms with E-state index in [9.17, 15) is 9.18 Å². The first kappa shape index (κ1) is 19.4. The molecule has 0 aliphatic rings. The van der Waals surface area contributed by atoms with Crippen LogP contribution in [0.4, 0.5) is 4.39 Å². The summed E-state index contributed by atoms with van der Waals surface area (Å²) < 4.78 is 21.4. The van der Waals surface area contributed by atoms with Crippen LogP contribution in [-0.4, -0.2) is 23.3 Å². The average molecular weight is 379 g/mol. The molecule has 0 spiro atoms. The van der Waals surface area contributed by atoms with E-state index in [1.807, 2.05) is 55.7 Å². The minimum atomic E-state index is -0.359. The van der Waals surface area contributed by atoms with Crippen LogP contribution in [0.15, 0.2) is 59.7 Å². The first-order valence-electron chi connectivity index (χ1n) is 8.91. The maximum absolute atomic E-state index is 14.1. The molecule has 3 aromatic rings. The van der Waals surface area contributed by atoms with Crippen molar-refractivity contribution in [3.05, 3.63) is 82.9 Å². The lowest BCUT2D eigenvalue weighted by atomic mass is 10.2. The molecule has 0 saturated heterocycles. The number of rotatable bonds is 6. The van der Waals surface area contributed by atoms with Crippen molar-refractivity contribution in [1.82, 2.24) is 9.99 Å². The molecule has 6 heteroatoms. The van der Waals surface area contributed by atoms with Crippen molar-refractivity contribution in [3.8, 4) is 11.4 Å². The van der Waals surface area contributed by atoms with Crippen molar-refractivity contribution < 1.29 is 13.9 Å². The van der Waals surface area contributed by atoms with Gasteiger partial charge in [0, 0.05) is 17.0 Å². The van der Waals surface area contributed by atoms with Gasteiger partial charge in [-0.1, -0.05) is 30.3 Å². The summed E-state index contributed by atoms with van der Waals surface area (Å²) in [6.07, 6.45) is 1.55. The summed E-state index contributed by atoms with van der Waals surface area (Å²) >= 11 is 0. The number of halogens is 1. The first-order chi connectivity index (χ1) is 13.5. The largest absolute Gasteiger partial charge is 0.483 e. The number of para-hydroxylation sites is 2. The average Bonchev–Trinajstić information content (AvgIpc) is 2.95. The second kappa shape index (κ2) is 8.52. The number of nitrogens with one attached hydrogen (secondary N) is 1. The van der Waals surface area contributed by atoms with Crippen molar-refractivity contribution in [2.45, 2.75) is 20.8 Å². The maximum Gasteiger partial charge on any atom is 0.277 e. The highest BCUT2D eigenvalue weighted by Gasteiger charge is 2.12. The van der Waals surface area contributed by atoms with Crippen molar-refractivity contribution in [3.63, 3.8) is 0 Å². The predicted molar refractivity (Wildman–Crippen MR) is 108 cm³/mol. The number of benzene rings is 2. The third-order valence-electron chi connectivity index (χ3n) is 4.41. The van der Waals surface area contributed by atoms with E-state index in [1.165, 1.54) is 6.07 Å². The van der Waals surface area contributed by atoms with Crippen molar-refractivity contribution >= 4 is 12.1 Å². The normalized spacial score (nSPS) is 11.0. The molecule has 3 rings (SSSR count). The first-order valence-corrected chi connectivity index (χ1v) is 8.91. The minimum Gasteiger partial charge on any atom is -0.483 e. The van der Waals surface area contributed by atoms with E-state index in [0.717, 1.165) is 22.5 Å². The Labute approximate surface area is 163 Å². The lowest BCUT2D eigenvalue weighted by molar-refractivity contribution is -0.123. The molecule has 0 saturated carbocycles. The van der Waals surface area contributed by atoms with Gasteiger partial charge in [0.1, 0.15) is 11.6 Å². The van der Waals surface area contributed by atoms with Gasteiger partial charge in [-0.2, -0.15) is 5.10 Å². The number of amides is 1. The van der Waals surface area contributed by atoms with Crippen LogP contribution in [-0.2, 0) is 4.79 Å². The lowest BCUT2D eigenvalue weighted by Gasteiger charge is -2.10. The molecule has 0 atom stereocenters. The highest BCUT2D eigenvalue weighted by Crippen LogP contribution is 2.21. The van der Waals surface area contributed by atoms with E-state index < -0.39 is 0 Å². The smallest absolute Gasteiger partial charge is 0.277 e. The van der Waals surface area contributed by atoms with Gasteiger partial charge in [-0.05, 0) is 50.6 Å². The quantitative estimate of drug-likeness (QED) is 0.518. The van der Waals surface area contributed by atoms with Crippen molar-refractivity contribution in [2.75, 3.05) is 6.61 Å². The molecule has 1 N–H and O–H groups in total. The standard InChI is InChI=1S/C22H22FN3O2/c1-15-8-4-7-11-21(15)28-14-22(27)25-24-13-18-12-16(2)26(17(18)3)20-10-6-5-9-19(20)23/h4-13H,14H2,1-3H3,(H,25,27)/b24-13-. The van der Waals surface area contributed by atoms with Crippen LogP contribution in [0, 0.1) is 26.6 Å². The molecule has 0 fully saturated rings. The Bertz CT molecular complexity index is 1020. The highest BCUT2D eigenvalue weighted by molar-refractivity contribution is 5.84. The molecular formula is C22H22FN3O2. The predicted octanol–water partition coefficient (Wildman–Crippen LogP) is 4.07. The van der Waals surface area contributed by atoms with Crippen LogP contribution in [0.3, 0.4) is 0 Å². The molecule has 0 unspecified atom stereocenters. The molecule has 144 valence electrons. The summed E-state index contributed by atoms with van der Waals surface area (Å²) in [5.41, 5.74) is 6.38.